The maximum atomic E-state index is 13.0. The predicted molar refractivity (Wildman–Crippen MR) is 110 cm³/mol. The third kappa shape index (κ3) is 2.56. The molecule has 3 saturated heterocycles. The molecule has 0 radical (unpaired) electrons. The van der Waals surface area contributed by atoms with Crippen molar-refractivity contribution in [2.75, 3.05) is 18.0 Å². The fourth-order valence-corrected chi connectivity index (χ4v) is 6.41. The summed E-state index contributed by atoms with van der Waals surface area (Å²) in [6, 6.07) is 9.21. The fourth-order valence-electron chi connectivity index (χ4n) is 6.29. The molecule has 0 saturated carbocycles. The van der Waals surface area contributed by atoms with Crippen LogP contribution in [0.3, 0.4) is 0 Å². The molecule has 28 heavy (non-hydrogen) atoms. The van der Waals surface area contributed by atoms with Crippen molar-refractivity contribution in [3.05, 3.63) is 57.2 Å². The number of hydrogen-bond acceptors (Lipinski definition) is 4. The number of hydrogen-bond donors (Lipinski definition) is 1. The molecule has 3 fully saturated rings. The molecular weight excluding hydrogens is 372 g/mol. The van der Waals surface area contributed by atoms with Gasteiger partial charge < -0.3 is 14.8 Å². The molecule has 146 valence electrons. The zero-order chi connectivity index (χ0) is 18.8. The van der Waals surface area contributed by atoms with E-state index in [1.807, 2.05) is 22.9 Å². The number of aromatic nitrogens is 2. The topological polar surface area (TPSA) is 50.2 Å². The first-order valence-corrected chi connectivity index (χ1v) is 10.9. The summed E-state index contributed by atoms with van der Waals surface area (Å²) in [6.45, 7) is 2.90. The Morgan fingerprint density at radius 2 is 2.07 bits per heavy atom. The average Bonchev–Trinajstić information content (AvgIpc) is 3.28. The van der Waals surface area contributed by atoms with Crippen LogP contribution in [0.15, 0.2) is 35.3 Å². The molecule has 0 amide bonds. The van der Waals surface area contributed by atoms with Crippen LogP contribution >= 0.6 is 11.6 Å². The number of pyridine rings is 2. The van der Waals surface area contributed by atoms with Crippen LogP contribution in [0.1, 0.15) is 48.8 Å². The first kappa shape index (κ1) is 17.0. The maximum Gasteiger partial charge on any atom is 0.252 e. The number of nitrogens with one attached hydrogen (secondary N) is 1. The van der Waals surface area contributed by atoms with E-state index in [1.54, 1.807) is 0 Å². The van der Waals surface area contributed by atoms with E-state index in [0.717, 1.165) is 31.7 Å². The van der Waals surface area contributed by atoms with Gasteiger partial charge in [0.25, 0.3) is 5.56 Å². The Morgan fingerprint density at radius 3 is 2.93 bits per heavy atom. The molecule has 5 atom stereocenters. The Morgan fingerprint density at radius 1 is 1.14 bits per heavy atom. The molecule has 6 rings (SSSR count). The van der Waals surface area contributed by atoms with Crippen molar-refractivity contribution in [3.8, 4) is 0 Å². The van der Waals surface area contributed by atoms with Gasteiger partial charge in [0.05, 0.1) is 0 Å². The quantitative estimate of drug-likeness (QED) is 0.792. The van der Waals surface area contributed by atoms with E-state index in [2.05, 4.69) is 27.3 Å². The summed E-state index contributed by atoms with van der Waals surface area (Å²) in [6.07, 6.45) is 6.68. The minimum absolute atomic E-state index is 0.181. The number of rotatable bonds is 2. The van der Waals surface area contributed by atoms with Gasteiger partial charge in [-0.3, -0.25) is 4.79 Å². The molecule has 6 heterocycles. The van der Waals surface area contributed by atoms with Gasteiger partial charge in [0, 0.05) is 60.7 Å². The minimum atomic E-state index is 0.181. The second kappa shape index (κ2) is 6.33. The summed E-state index contributed by atoms with van der Waals surface area (Å²) >= 11 is 5.99. The van der Waals surface area contributed by atoms with Gasteiger partial charge in [-0.2, -0.15) is 0 Å². The Labute approximate surface area is 169 Å². The van der Waals surface area contributed by atoms with E-state index in [4.69, 9.17) is 11.6 Å². The molecule has 1 N–H and O–H groups in total. The SMILES string of the molecule is O=c1cc(N2C3CCC2C(c2ccc(Cl)nc2)C3)cc2n1CC1CNCC2C1. The van der Waals surface area contributed by atoms with Gasteiger partial charge in [-0.05, 0) is 55.8 Å². The third-order valence-corrected chi connectivity index (χ3v) is 7.68. The minimum Gasteiger partial charge on any atom is -0.365 e. The van der Waals surface area contributed by atoms with Crippen molar-refractivity contribution in [2.24, 2.45) is 5.92 Å². The third-order valence-electron chi connectivity index (χ3n) is 7.46. The molecule has 4 aliphatic rings. The normalized spacial score (nSPS) is 33.2. The first-order valence-electron chi connectivity index (χ1n) is 10.5. The number of halogens is 1. The molecule has 6 heteroatoms. The molecule has 0 aromatic carbocycles. The van der Waals surface area contributed by atoms with Crippen molar-refractivity contribution in [1.29, 1.82) is 0 Å². The maximum absolute atomic E-state index is 13.0. The highest BCUT2D eigenvalue weighted by molar-refractivity contribution is 6.29. The summed E-state index contributed by atoms with van der Waals surface area (Å²) in [7, 11) is 0. The highest BCUT2D eigenvalue weighted by Crippen LogP contribution is 2.49. The van der Waals surface area contributed by atoms with E-state index < -0.39 is 0 Å². The molecule has 4 aliphatic heterocycles. The van der Waals surface area contributed by atoms with Crippen LogP contribution in [0.5, 0.6) is 0 Å². The van der Waals surface area contributed by atoms with Crippen molar-refractivity contribution in [1.82, 2.24) is 14.9 Å². The molecule has 2 aromatic rings. The summed E-state index contributed by atoms with van der Waals surface area (Å²) in [5.41, 5.74) is 3.83. The van der Waals surface area contributed by atoms with Gasteiger partial charge in [0.2, 0.25) is 0 Å². The van der Waals surface area contributed by atoms with Crippen LogP contribution in [0, 0.1) is 5.92 Å². The molecule has 4 bridgehead atoms. The summed E-state index contributed by atoms with van der Waals surface area (Å²) in [5, 5.41) is 4.10. The molecular formula is C22H25ClN4O. The largest absolute Gasteiger partial charge is 0.365 e. The summed E-state index contributed by atoms with van der Waals surface area (Å²) in [4.78, 5) is 19.8. The fraction of sp³-hybridized carbons (Fsp3) is 0.545. The van der Waals surface area contributed by atoms with Gasteiger partial charge in [-0.1, -0.05) is 17.7 Å². The highest BCUT2D eigenvalue weighted by Gasteiger charge is 2.47. The van der Waals surface area contributed by atoms with E-state index in [-0.39, 0.29) is 5.56 Å². The predicted octanol–water partition coefficient (Wildman–Crippen LogP) is 3.13. The molecule has 5 nitrogen and oxygen atoms in total. The van der Waals surface area contributed by atoms with Gasteiger partial charge in [0.15, 0.2) is 0 Å². The lowest BCUT2D eigenvalue weighted by molar-refractivity contribution is 0.257. The number of anilines is 1. The highest BCUT2D eigenvalue weighted by atomic mass is 35.5. The number of nitrogens with zero attached hydrogens (tertiary/aromatic N) is 3. The van der Waals surface area contributed by atoms with E-state index in [1.165, 1.54) is 30.5 Å². The lowest BCUT2D eigenvalue weighted by Crippen LogP contribution is -2.45. The number of piperidine rings is 1. The van der Waals surface area contributed by atoms with Crippen LogP contribution in [0.25, 0.3) is 0 Å². The Kier molecular flexibility index (Phi) is 3.85. The first-order chi connectivity index (χ1) is 13.7. The molecule has 5 unspecified atom stereocenters. The van der Waals surface area contributed by atoms with Crippen LogP contribution in [0.4, 0.5) is 5.69 Å². The Hall–Kier alpha value is -1.85. The summed E-state index contributed by atoms with van der Waals surface area (Å²) in [5.74, 6) is 1.54. The van der Waals surface area contributed by atoms with E-state index in [9.17, 15) is 4.79 Å². The van der Waals surface area contributed by atoms with E-state index >= 15 is 0 Å². The second-order valence-electron chi connectivity index (χ2n) is 9.01. The second-order valence-corrected chi connectivity index (χ2v) is 9.39. The van der Waals surface area contributed by atoms with Crippen molar-refractivity contribution >= 4 is 17.3 Å². The average molecular weight is 397 g/mol. The van der Waals surface area contributed by atoms with Crippen molar-refractivity contribution in [3.63, 3.8) is 0 Å². The van der Waals surface area contributed by atoms with Crippen molar-refractivity contribution < 1.29 is 0 Å². The van der Waals surface area contributed by atoms with E-state index in [0.29, 0.717) is 35.0 Å². The molecule has 0 spiro atoms. The van der Waals surface area contributed by atoms with Crippen LogP contribution in [-0.4, -0.2) is 34.7 Å². The van der Waals surface area contributed by atoms with Gasteiger partial charge >= 0.3 is 0 Å². The van der Waals surface area contributed by atoms with Crippen LogP contribution < -0.4 is 15.8 Å². The van der Waals surface area contributed by atoms with Crippen molar-refractivity contribution in [2.45, 2.75) is 56.1 Å². The van der Waals surface area contributed by atoms with Gasteiger partial charge in [-0.15, -0.1) is 0 Å². The number of fused-ring (bicyclic) bond motifs is 6. The summed E-state index contributed by atoms with van der Waals surface area (Å²) < 4.78 is 2.04. The zero-order valence-corrected chi connectivity index (χ0v) is 16.6. The van der Waals surface area contributed by atoms with Gasteiger partial charge in [-0.25, -0.2) is 4.98 Å². The molecule has 2 aromatic heterocycles. The molecule has 0 aliphatic carbocycles. The van der Waals surface area contributed by atoms with Gasteiger partial charge in [0.1, 0.15) is 5.15 Å². The standard InChI is InChI=1S/C22H25ClN4O/c23-21-4-1-14(11-25-21)18-6-16-2-3-19(18)27(16)17-7-20-15-5-13(9-24-10-15)12-26(20)22(28)8-17/h1,4,7-8,11,13,15-16,18-19,24H,2-3,5-6,9-10,12H2. The van der Waals surface area contributed by atoms with Crippen LogP contribution in [-0.2, 0) is 6.54 Å². The lowest BCUT2D eigenvalue weighted by atomic mass is 9.84. The Bertz CT molecular complexity index is 971. The monoisotopic (exact) mass is 396 g/mol. The Balaban J connectivity index is 1.37. The lowest BCUT2D eigenvalue weighted by Gasteiger charge is -2.38. The zero-order valence-electron chi connectivity index (χ0n) is 15.9. The van der Waals surface area contributed by atoms with Crippen LogP contribution in [0.2, 0.25) is 5.15 Å². The smallest absolute Gasteiger partial charge is 0.252 e.